The number of carbonyl (C=O) groups is 1. The summed E-state index contributed by atoms with van der Waals surface area (Å²) < 4.78 is 29.9. The minimum absolute atomic E-state index is 0.0703. The van der Waals surface area contributed by atoms with Crippen molar-refractivity contribution in [1.82, 2.24) is 10.2 Å². The SMILES string of the molecule is CN1CC(C)(C)c2c(-c3ccn[nH]3)cc(C(=O)Cc3ccc(OC(F)(F)Cl)cc3)cc21. The molecule has 0 bridgehead atoms. The molecule has 1 aliphatic rings. The summed E-state index contributed by atoms with van der Waals surface area (Å²) in [6, 6.07) is 11.6. The fourth-order valence-corrected chi connectivity index (χ4v) is 4.36. The standard InChI is InChI=1S/C23H22ClF2N3O2/c1-22(2)13-29(3)19-12-15(11-17(21(19)22)18-8-9-27-28-18)20(30)10-14-4-6-16(7-5-14)31-23(24,25)26/h4-9,11-12H,10,13H2,1-3H3,(H,27,28). The molecule has 0 saturated carbocycles. The first-order valence-electron chi connectivity index (χ1n) is 9.81. The van der Waals surface area contributed by atoms with E-state index < -0.39 is 5.57 Å². The molecule has 5 nitrogen and oxygen atoms in total. The van der Waals surface area contributed by atoms with Gasteiger partial charge in [0.1, 0.15) is 5.75 Å². The van der Waals surface area contributed by atoms with Gasteiger partial charge in [0.2, 0.25) is 0 Å². The second-order valence-corrected chi connectivity index (χ2v) is 8.86. The number of benzene rings is 2. The maximum atomic E-state index is 13.1. The highest BCUT2D eigenvalue weighted by molar-refractivity contribution is 6.20. The summed E-state index contributed by atoms with van der Waals surface area (Å²) in [4.78, 5) is 15.3. The fraction of sp³-hybridized carbons (Fsp3) is 0.304. The van der Waals surface area contributed by atoms with Crippen molar-refractivity contribution in [2.24, 2.45) is 0 Å². The molecule has 2 aromatic carbocycles. The van der Waals surface area contributed by atoms with Crippen LogP contribution in [0.4, 0.5) is 14.5 Å². The largest absolute Gasteiger partial charge is 0.487 e. The lowest BCUT2D eigenvalue weighted by molar-refractivity contribution is -0.0964. The Morgan fingerprint density at radius 1 is 1.26 bits per heavy atom. The van der Waals surface area contributed by atoms with Gasteiger partial charge in [-0.15, -0.1) is 8.78 Å². The summed E-state index contributed by atoms with van der Waals surface area (Å²) in [5.41, 5.74) is 1.44. The number of ether oxygens (including phenoxy) is 1. The second kappa shape index (κ2) is 7.64. The van der Waals surface area contributed by atoms with Gasteiger partial charge in [-0.25, -0.2) is 0 Å². The van der Waals surface area contributed by atoms with Crippen LogP contribution in [0, 0.1) is 0 Å². The maximum absolute atomic E-state index is 13.1. The minimum Gasteiger partial charge on any atom is -0.420 e. The van der Waals surface area contributed by atoms with Crippen molar-refractivity contribution >= 4 is 23.1 Å². The number of ketones is 1. The second-order valence-electron chi connectivity index (χ2n) is 8.42. The quantitative estimate of drug-likeness (QED) is 0.408. The average molecular weight is 446 g/mol. The van der Waals surface area contributed by atoms with Crippen LogP contribution in [0.5, 0.6) is 5.75 Å². The third-order valence-electron chi connectivity index (χ3n) is 5.47. The van der Waals surface area contributed by atoms with E-state index in [1.165, 1.54) is 17.7 Å². The van der Waals surface area contributed by atoms with Gasteiger partial charge < -0.3 is 9.64 Å². The number of carbonyl (C=O) groups excluding carboxylic acids is 1. The van der Waals surface area contributed by atoms with Crippen LogP contribution in [0.25, 0.3) is 11.3 Å². The Balaban J connectivity index is 1.65. The number of alkyl halides is 3. The molecule has 1 aliphatic heterocycles. The molecule has 0 unspecified atom stereocenters. The van der Waals surface area contributed by atoms with E-state index in [1.807, 2.05) is 25.2 Å². The van der Waals surface area contributed by atoms with E-state index in [9.17, 15) is 13.6 Å². The van der Waals surface area contributed by atoms with Crippen LogP contribution < -0.4 is 9.64 Å². The van der Waals surface area contributed by atoms with Gasteiger partial charge in [-0.3, -0.25) is 9.89 Å². The fourth-order valence-electron chi connectivity index (χ4n) is 4.27. The molecule has 162 valence electrons. The molecular formula is C23H22ClF2N3O2. The Bertz CT molecular complexity index is 1110. The normalized spacial score (nSPS) is 15.1. The lowest BCUT2D eigenvalue weighted by Crippen LogP contribution is -2.25. The van der Waals surface area contributed by atoms with Gasteiger partial charge in [0.15, 0.2) is 5.78 Å². The molecule has 8 heteroatoms. The van der Waals surface area contributed by atoms with Crippen molar-refractivity contribution in [2.45, 2.75) is 31.3 Å². The van der Waals surface area contributed by atoms with E-state index in [-0.39, 0.29) is 23.4 Å². The Labute approximate surface area is 184 Å². The highest BCUT2D eigenvalue weighted by Gasteiger charge is 2.37. The molecule has 0 atom stereocenters. The number of hydrogen-bond acceptors (Lipinski definition) is 4. The number of anilines is 1. The van der Waals surface area contributed by atoms with Crippen molar-refractivity contribution < 1.29 is 18.3 Å². The van der Waals surface area contributed by atoms with Gasteiger partial charge >= 0.3 is 5.57 Å². The van der Waals surface area contributed by atoms with Crippen LogP contribution >= 0.6 is 11.6 Å². The zero-order chi connectivity index (χ0) is 22.4. The topological polar surface area (TPSA) is 58.2 Å². The smallest absolute Gasteiger partial charge is 0.420 e. The Morgan fingerprint density at radius 2 is 1.97 bits per heavy atom. The number of Topliss-reactive ketones (excluding diaryl/α,β-unsaturated/α-hetero) is 1. The number of nitrogens with one attached hydrogen (secondary N) is 1. The Kier molecular flexibility index (Phi) is 5.25. The molecule has 0 spiro atoms. The lowest BCUT2D eigenvalue weighted by Gasteiger charge is -2.21. The van der Waals surface area contributed by atoms with Gasteiger partial charge in [-0.2, -0.15) is 5.10 Å². The number of rotatable bonds is 6. The van der Waals surface area contributed by atoms with Crippen LogP contribution in [0.3, 0.4) is 0 Å². The average Bonchev–Trinajstić information content (AvgIpc) is 3.28. The number of aromatic amines is 1. The van der Waals surface area contributed by atoms with Gasteiger partial charge in [-0.1, -0.05) is 26.0 Å². The predicted molar refractivity (Wildman–Crippen MR) is 116 cm³/mol. The van der Waals surface area contributed by atoms with E-state index in [1.54, 1.807) is 18.3 Å². The van der Waals surface area contributed by atoms with Gasteiger partial charge in [0.05, 0.1) is 5.69 Å². The molecule has 31 heavy (non-hydrogen) atoms. The lowest BCUT2D eigenvalue weighted by atomic mass is 9.81. The van der Waals surface area contributed by atoms with Crippen molar-refractivity contribution in [3.63, 3.8) is 0 Å². The van der Waals surface area contributed by atoms with E-state index in [0.717, 1.165) is 23.5 Å². The number of fused-ring (bicyclic) bond motifs is 1. The van der Waals surface area contributed by atoms with Crippen LogP contribution in [-0.2, 0) is 11.8 Å². The highest BCUT2D eigenvalue weighted by atomic mass is 35.5. The molecule has 0 saturated heterocycles. The first-order chi connectivity index (χ1) is 14.5. The van der Waals surface area contributed by atoms with Crippen molar-refractivity contribution in [3.8, 4) is 17.0 Å². The first kappa shape index (κ1) is 21.3. The molecule has 0 amide bonds. The molecule has 3 aromatic rings. The number of aromatic nitrogens is 2. The van der Waals surface area contributed by atoms with Crippen LogP contribution in [0.15, 0.2) is 48.7 Å². The molecule has 1 N–H and O–H groups in total. The molecular weight excluding hydrogens is 424 g/mol. The predicted octanol–water partition coefficient (Wildman–Crippen LogP) is 5.40. The molecule has 1 aromatic heterocycles. The number of hydrogen-bond donors (Lipinski definition) is 1. The molecule has 0 aliphatic carbocycles. The zero-order valence-corrected chi connectivity index (χ0v) is 18.1. The Morgan fingerprint density at radius 3 is 2.58 bits per heavy atom. The molecule has 0 fully saturated rings. The summed E-state index contributed by atoms with van der Waals surface area (Å²) in [5, 5.41) is 7.08. The van der Waals surface area contributed by atoms with Crippen LogP contribution in [0.1, 0.15) is 35.3 Å². The third-order valence-corrected chi connectivity index (χ3v) is 5.55. The van der Waals surface area contributed by atoms with E-state index in [0.29, 0.717) is 11.1 Å². The van der Waals surface area contributed by atoms with Crippen LogP contribution in [-0.4, -0.2) is 35.1 Å². The summed E-state index contributed by atoms with van der Waals surface area (Å²) in [6.45, 7) is 5.21. The number of halogens is 3. The highest BCUT2D eigenvalue weighted by Crippen LogP contribution is 2.45. The van der Waals surface area contributed by atoms with Gasteiger partial charge in [0, 0.05) is 60.0 Å². The molecule has 2 heterocycles. The van der Waals surface area contributed by atoms with Crippen molar-refractivity contribution in [1.29, 1.82) is 0 Å². The van der Waals surface area contributed by atoms with Gasteiger partial charge in [0.25, 0.3) is 0 Å². The zero-order valence-electron chi connectivity index (χ0n) is 17.4. The minimum atomic E-state index is -3.77. The molecule has 4 rings (SSSR count). The monoisotopic (exact) mass is 445 g/mol. The van der Waals surface area contributed by atoms with E-state index >= 15 is 0 Å². The third kappa shape index (κ3) is 4.42. The van der Waals surface area contributed by atoms with E-state index in [4.69, 9.17) is 11.6 Å². The van der Waals surface area contributed by atoms with Gasteiger partial charge in [-0.05, 0) is 41.5 Å². The number of H-pyrrole nitrogens is 1. The molecule has 0 radical (unpaired) electrons. The number of likely N-dealkylation sites (N-methyl/N-ethyl adjacent to an activating group) is 1. The Hall–Kier alpha value is -2.93. The first-order valence-corrected chi connectivity index (χ1v) is 10.2. The van der Waals surface area contributed by atoms with Crippen molar-refractivity contribution in [2.75, 3.05) is 18.5 Å². The maximum Gasteiger partial charge on any atom is 0.487 e. The van der Waals surface area contributed by atoms with Crippen molar-refractivity contribution in [3.05, 3.63) is 65.4 Å². The summed E-state index contributed by atoms with van der Waals surface area (Å²) in [6.07, 6.45) is 1.82. The van der Waals surface area contributed by atoms with Crippen LogP contribution in [0.2, 0.25) is 0 Å². The van der Waals surface area contributed by atoms with E-state index in [2.05, 4.69) is 33.7 Å². The summed E-state index contributed by atoms with van der Waals surface area (Å²) in [7, 11) is 2.02. The number of nitrogens with zero attached hydrogens (tertiary/aromatic N) is 2. The summed E-state index contributed by atoms with van der Waals surface area (Å²) >= 11 is 4.79. The summed E-state index contributed by atoms with van der Waals surface area (Å²) in [5.74, 6) is -0.142.